The van der Waals surface area contributed by atoms with Gasteiger partial charge in [-0.05, 0) is 18.9 Å². The molecule has 0 spiro atoms. The van der Waals surface area contributed by atoms with Crippen LogP contribution in [-0.4, -0.2) is 37.3 Å². The van der Waals surface area contributed by atoms with Gasteiger partial charge in [0.2, 0.25) is 0 Å². The summed E-state index contributed by atoms with van der Waals surface area (Å²) in [6.07, 6.45) is 1.46. The van der Waals surface area contributed by atoms with Gasteiger partial charge in [-0.2, -0.15) is 0 Å². The lowest BCUT2D eigenvalue weighted by atomic mass is 10.1. The van der Waals surface area contributed by atoms with Crippen molar-refractivity contribution in [3.8, 4) is 0 Å². The van der Waals surface area contributed by atoms with Gasteiger partial charge in [-0.25, -0.2) is 4.79 Å². The van der Waals surface area contributed by atoms with Crippen LogP contribution in [-0.2, 0) is 9.47 Å². The van der Waals surface area contributed by atoms with Crippen molar-refractivity contribution in [3.63, 3.8) is 0 Å². The van der Waals surface area contributed by atoms with Crippen LogP contribution in [0.4, 0.5) is 11.4 Å². The van der Waals surface area contributed by atoms with Gasteiger partial charge in [0.1, 0.15) is 5.69 Å². The molecule has 8 heteroatoms. The lowest BCUT2D eigenvalue weighted by molar-refractivity contribution is -0.384. The molecule has 0 amide bonds. The number of methoxy groups -OCH3 is 1. The van der Waals surface area contributed by atoms with Crippen molar-refractivity contribution in [1.29, 1.82) is 0 Å². The summed E-state index contributed by atoms with van der Waals surface area (Å²) in [5.74, 6) is -0.617. The highest BCUT2D eigenvalue weighted by Gasteiger charge is 2.26. The molecule has 1 heterocycles. The SMILES string of the molecule is COC(=O)c1cc(Br)cc([N+](=O)[O-])c1NC1CCOCC1. The van der Waals surface area contributed by atoms with E-state index in [1.807, 2.05) is 0 Å². The van der Waals surface area contributed by atoms with Gasteiger partial charge < -0.3 is 14.8 Å². The number of nitro benzene ring substituents is 1. The second-order valence-electron chi connectivity index (χ2n) is 4.63. The van der Waals surface area contributed by atoms with E-state index < -0.39 is 10.9 Å². The zero-order chi connectivity index (χ0) is 15.4. The Morgan fingerprint density at radius 1 is 1.48 bits per heavy atom. The highest BCUT2D eigenvalue weighted by molar-refractivity contribution is 9.10. The quantitative estimate of drug-likeness (QED) is 0.505. The van der Waals surface area contributed by atoms with Crippen LogP contribution in [0.15, 0.2) is 16.6 Å². The van der Waals surface area contributed by atoms with Gasteiger partial charge >= 0.3 is 5.97 Å². The van der Waals surface area contributed by atoms with Gasteiger partial charge in [-0.3, -0.25) is 10.1 Å². The van der Waals surface area contributed by atoms with E-state index in [9.17, 15) is 14.9 Å². The molecule has 0 aromatic heterocycles. The Labute approximate surface area is 129 Å². The Kier molecular flexibility index (Phi) is 5.13. The van der Waals surface area contributed by atoms with Gasteiger partial charge in [-0.15, -0.1) is 0 Å². The molecule has 21 heavy (non-hydrogen) atoms. The van der Waals surface area contributed by atoms with E-state index in [2.05, 4.69) is 21.2 Å². The molecule has 1 fully saturated rings. The van der Waals surface area contributed by atoms with Crippen molar-refractivity contribution in [3.05, 3.63) is 32.3 Å². The third-order valence-electron chi connectivity index (χ3n) is 3.25. The maximum absolute atomic E-state index is 11.9. The van der Waals surface area contributed by atoms with E-state index >= 15 is 0 Å². The number of hydrogen-bond donors (Lipinski definition) is 1. The number of nitrogens with zero attached hydrogens (tertiary/aromatic N) is 1. The molecule has 0 saturated carbocycles. The summed E-state index contributed by atoms with van der Waals surface area (Å²) in [6.45, 7) is 1.19. The second kappa shape index (κ2) is 6.86. The van der Waals surface area contributed by atoms with Crippen LogP contribution in [0.2, 0.25) is 0 Å². The van der Waals surface area contributed by atoms with Gasteiger partial charge in [0.15, 0.2) is 0 Å². The number of esters is 1. The predicted molar refractivity (Wildman–Crippen MR) is 79.6 cm³/mol. The number of nitrogens with one attached hydrogen (secondary N) is 1. The normalized spacial score (nSPS) is 15.5. The summed E-state index contributed by atoms with van der Waals surface area (Å²) in [6, 6.07) is 2.91. The van der Waals surface area contributed by atoms with Gasteiger partial charge in [0.25, 0.3) is 5.69 Å². The fraction of sp³-hybridized carbons (Fsp3) is 0.462. The Bertz CT molecular complexity index is 558. The molecule has 2 rings (SSSR count). The topological polar surface area (TPSA) is 90.7 Å². The zero-order valence-corrected chi connectivity index (χ0v) is 13.0. The van der Waals surface area contributed by atoms with Crippen LogP contribution in [0.3, 0.4) is 0 Å². The number of hydrogen-bond acceptors (Lipinski definition) is 6. The Morgan fingerprint density at radius 2 is 2.14 bits per heavy atom. The molecule has 1 aliphatic rings. The van der Waals surface area contributed by atoms with E-state index in [0.29, 0.717) is 17.7 Å². The number of carbonyl (C=O) groups excluding carboxylic acids is 1. The number of rotatable bonds is 4. The first-order chi connectivity index (χ1) is 10.0. The minimum atomic E-state index is -0.617. The zero-order valence-electron chi connectivity index (χ0n) is 11.4. The molecule has 7 nitrogen and oxygen atoms in total. The largest absolute Gasteiger partial charge is 0.465 e. The summed E-state index contributed by atoms with van der Waals surface area (Å²) >= 11 is 3.18. The molecule has 1 aliphatic heterocycles. The second-order valence-corrected chi connectivity index (χ2v) is 5.54. The standard InChI is InChI=1S/C13H15BrN2O5/c1-20-13(17)10-6-8(14)7-11(16(18)19)12(10)15-9-2-4-21-5-3-9/h6-7,9,15H,2-5H2,1H3. The lowest BCUT2D eigenvalue weighted by Crippen LogP contribution is -2.29. The van der Waals surface area contributed by atoms with Crippen molar-refractivity contribution >= 4 is 33.3 Å². The average Bonchev–Trinajstić information content (AvgIpc) is 2.48. The fourth-order valence-electron chi connectivity index (χ4n) is 2.21. The number of halogens is 1. The Hall–Kier alpha value is -1.67. The van der Waals surface area contributed by atoms with E-state index in [4.69, 9.17) is 9.47 Å². The third kappa shape index (κ3) is 3.70. The van der Waals surface area contributed by atoms with Crippen LogP contribution in [0.1, 0.15) is 23.2 Å². The van der Waals surface area contributed by atoms with Crippen LogP contribution in [0.5, 0.6) is 0 Å². The summed E-state index contributed by atoms with van der Waals surface area (Å²) in [5, 5.41) is 14.3. The molecule has 0 atom stereocenters. The first-order valence-electron chi connectivity index (χ1n) is 6.43. The van der Waals surface area contributed by atoms with E-state index in [-0.39, 0.29) is 23.0 Å². The molecular formula is C13H15BrN2O5. The molecule has 1 aromatic carbocycles. The minimum absolute atomic E-state index is 0.0297. The number of nitro groups is 1. The maximum Gasteiger partial charge on any atom is 0.340 e. The molecule has 0 bridgehead atoms. The van der Waals surface area contributed by atoms with Crippen LogP contribution >= 0.6 is 15.9 Å². The molecule has 0 radical (unpaired) electrons. The average molecular weight is 359 g/mol. The number of ether oxygens (including phenoxy) is 2. The van der Waals surface area contributed by atoms with Crippen molar-refractivity contribution in [1.82, 2.24) is 0 Å². The van der Waals surface area contributed by atoms with Crippen molar-refractivity contribution in [2.24, 2.45) is 0 Å². The first kappa shape index (κ1) is 15.7. The van der Waals surface area contributed by atoms with E-state index in [1.165, 1.54) is 19.2 Å². The maximum atomic E-state index is 11.9. The monoisotopic (exact) mass is 358 g/mol. The highest BCUT2D eigenvalue weighted by Crippen LogP contribution is 2.34. The van der Waals surface area contributed by atoms with E-state index in [1.54, 1.807) is 0 Å². The molecular weight excluding hydrogens is 344 g/mol. The molecule has 1 aromatic rings. The molecule has 0 aliphatic carbocycles. The van der Waals surface area contributed by atoms with Gasteiger partial charge in [0.05, 0.1) is 17.6 Å². The minimum Gasteiger partial charge on any atom is -0.465 e. The van der Waals surface area contributed by atoms with Crippen LogP contribution in [0, 0.1) is 10.1 Å². The summed E-state index contributed by atoms with van der Waals surface area (Å²) in [4.78, 5) is 22.6. The lowest BCUT2D eigenvalue weighted by Gasteiger charge is -2.25. The molecule has 1 N–H and O–H groups in total. The molecule has 1 saturated heterocycles. The van der Waals surface area contributed by atoms with Crippen molar-refractivity contribution < 1.29 is 19.2 Å². The van der Waals surface area contributed by atoms with Crippen LogP contribution in [0.25, 0.3) is 0 Å². The summed E-state index contributed by atoms with van der Waals surface area (Å²) < 4.78 is 10.4. The van der Waals surface area contributed by atoms with Gasteiger partial charge in [0, 0.05) is 29.8 Å². The van der Waals surface area contributed by atoms with Crippen molar-refractivity contribution in [2.75, 3.05) is 25.6 Å². The Balaban J connectivity index is 2.43. The Morgan fingerprint density at radius 3 is 2.71 bits per heavy atom. The number of carbonyl (C=O) groups is 1. The predicted octanol–water partition coefficient (Wildman–Crippen LogP) is 2.73. The molecule has 0 unspecified atom stereocenters. The number of benzene rings is 1. The summed E-state index contributed by atoms with van der Waals surface area (Å²) in [7, 11) is 1.24. The third-order valence-corrected chi connectivity index (χ3v) is 3.71. The summed E-state index contributed by atoms with van der Waals surface area (Å²) in [5.41, 5.74) is 0.184. The fourth-order valence-corrected chi connectivity index (χ4v) is 2.65. The van der Waals surface area contributed by atoms with Crippen LogP contribution < -0.4 is 5.32 Å². The van der Waals surface area contributed by atoms with E-state index in [0.717, 1.165) is 12.8 Å². The first-order valence-corrected chi connectivity index (χ1v) is 7.22. The van der Waals surface area contributed by atoms with Gasteiger partial charge in [-0.1, -0.05) is 15.9 Å². The van der Waals surface area contributed by atoms with Crippen molar-refractivity contribution in [2.45, 2.75) is 18.9 Å². The smallest absolute Gasteiger partial charge is 0.340 e. The molecule has 114 valence electrons. The number of anilines is 1. The highest BCUT2D eigenvalue weighted by atomic mass is 79.9.